The van der Waals surface area contributed by atoms with Crippen molar-refractivity contribution in [3.63, 3.8) is 0 Å². The molecule has 11 heteroatoms. The zero-order chi connectivity index (χ0) is 25.0. The fourth-order valence-corrected chi connectivity index (χ4v) is 3.64. The molecule has 3 N–H and O–H groups in total. The molecule has 1 unspecified atom stereocenters. The lowest BCUT2D eigenvalue weighted by Crippen LogP contribution is -2.28. The van der Waals surface area contributed by atoms with E-state index in [1.807, 2.05) is 0 Å². The van der Waals surface area contributed by atoms with Gasteiger partial charge in [0.2, 0.25) is 0 Å². The molecular weight excluding hydrogens is 463 g/mol. The van der Waals surface area contributed by atoms with Crippen LogP contribution in [0.1, 0.15) is 46.7 Å². The van der Waals surface area contributed by atoms with E-state index in [9.17, 15) is 18.0 Å². The Kier molecular flexibility index (Phi) is 7.27. The molecule has 3 heterocycles. The summed E-state index contributed by atoms with van der Waals surface area (Å²) in [7, 11) is 0. The second-order valence-corrected chi connectivity index (χ2v) is 8.07. The summed E-state index contributed by atoms with van der Waals surface area (Å²) < 4.78 is 50.3. The van der Waals surface area contributed by atoms with Gasteiger partial charge in [0.1, 0.15) is 11.8 Å². The van der Waals surface area contributed by atoms with Crippen LogP contribution in [0.4, 0.5) is 13.2 Å². The maximum absolute atomic E-state index is 13.1. The Bertz CT molecular complexity index is 1180. The number of rotatable bonds is 7. The highest BCUT2D eigenvalue weighted by Crippen LogP contribution is 2.33. The molecule has 3 aromatic rings. The lowest BCUT2D eigenvalue weighted by Gasteiger charge is -2.16. The van der Waals surface area contributed by atoms with Gasteiger partial charge in [-0.05, 0) is 30.2 Å². The summed E-state index contributed by atoms with van der Waals surface area (Å²) in [5, 5.41) is 2.85. The molecule has 35 heavy (non-hydrogen) atoms. The third-order valence-electron chi connectivity index (χ3n) is 5.59. The first-order valence-corrected chi connectivity index (χ1v) is 11.0. The van der Waals surface area contributed by atoms with Gasteiger partial charge in [-0.15, -0.1) is 0 Å². The zero-order valence-electron chi connectivity index (χ0n) is 18.9. The van der Waals surface area contributed by atoms with E-state index in [4.69, 9.17) is 15.2 Å². The number of hydrogen-bond acceptors (Lipinski definition) is 7. The van der Waals surface area contributed by atoms with Crippen LogP contribution in [-0.2, 0) is 17.5 Å². The number of nitrogens with two attached hydrogens (primary N) is 1. The van der Waals surface area contributed by atoms with E-state index in [0.717, 1.165) is 24.2 Å². The molecule has 0 spiro atoms. The molecule has 4 rings (SSSR count). The molecule has 1 aliphatic rings. The Morgan fingerprint density at radius 2 is 2.03 bits per heavy atom. The number of benzene rings is 1. The molecule has 1 amide bonds. The van der Waals surface area contributed by atoms with Crippen molar-refractivity contribution in [2.75, 3.05) is 13.2 Å². The van der Waals surface area contributed by atoms with Crippen LogP contribution in [0.15, 0.2) is 48.8 Å². The molecule has 0 saturated carbocycles. The van der Waals surface area contributed by atoms with Gasteiger partial charge in [-0.25, -0.2) is 4.98 Å². The number of pyridine rings is 1. The van der Waals surface area contributed by atoms with Gasteiger partial charge in [0.25, 0.3) is 5.91 Å². The van der Waals surface area contributed by atoms with Gasteiger partial charge in [-0.1, -0.05) is 24.3 Å². The largest absolute Gasteiger partial charge is 0.458 e. The average Bonchev–Trinajstić information content (AvgIpc) is 3.36. The van der Waals surface area contributed by atoms with Crippen molar-refractivity contribution < 1.29 is 27.4 Å². The smallest absolute Gasteiger partial charge is 0.417 e. The quantitative estimate of drug-likeness (QED) is 0.523. The maximum atomic E-state index is 13.1. The van der Waals surface area contributed by atoms with E-state index in [1.54, 1.807) is 31.2 Å². The summed E-state index contributed by atoms with van der Waals surface area (Å²) in [5.41, 5.74) is 6.95. The lowest BCUT2D eigenvalue weighted by atomic mass is 9.98. The third kappa shape index (κ3) is 5.92. The Hall–Kier alpha value is -3.57. The van der Waals surface area contributed by atoms with E-state index < -0.39 is 23.7 Å². The summed E-state index contributed by atoms with van der Waals surface area (Å²) >= 11 is 0. The fourth-order valence-electron chi connectivity index (χ4n) is 3.64. The fraction of sp³-hybridized carbons (Fsp3) is 0.333. The Morgan fingerprint density at radius 3 is 2.69 bits per heavy atom. The minimum Gasteiger partial charge on any atom is -0.458 e. The second kappa shape index (κ2) is 10.4. The van der Waals surface area contributed by atoms with E-state index in [0.29, 0.717) is 30.0 Å². The Morgan fingerprint density at radius 1 is 1.26 bits per heavy atom. The molecule has 184 valence electrons. The number of alkyl halides is 3. The van der Waals surface area contributed by atoms with Gasteiger partial charge in [0.05, 0.1) is 30.5 Å². The molecule has 2 aromatic heterocycles. The van der Waals surface area contributed by atoms with Crippen molar-refractivity contribution in [1.29, 1.82) is 0 Å². The molecule has 0 aliphatic carbocycles. The number of carbonyl (C=O) groups excluding carboxylic acids is 1. The molecule has 2 atom stereocenters. The predicted octanol–water partition coefficient (Wildman–Crippen LogP) is 3.67. The lowest BCUT2D eigenvalue weighted by molar-refractivity contribution is -0.137. The van der Waals surface area contributed by atoms with Crippen LogP contribution in [0.5, 0.6) is 6.01 Å². The summed E-state index contributed by atoms with van der Waals surface area (Å²) in [5.74, 6) is -0.413. The van der Waals surface area contributed by atoms with Crippen LogP contribution in [0.3, 0.4) is 0 Å². The molecule has 1 aliphatic heterocycles. The first kappa shape index (κ1) is 24.6. The molecule has 1 aromatic carbocycles. The van der Waals surface area contributed by atoms with Crippen molar-refractivity contribution in [3.8, 4) is 17.1 Å². The van der Waals surface area contributed by atoms with Crippen molar-refractivity contribution in [2.45, 2.75) is 38.2 Å². The number of ether oxygens (including phenoxy) is 2. The number of carbonyl (C=O) groups is 1. The van der Waals surface area contributed by atoms with E-state index >= 15 is 0 Å². The Labute approximate surface area is 199 Å². The van der Waals surface area contributed by atoms with Gasteiger partial charge in [0, 0.05) is 30.9 Å². The molecule has 0 bridgehead atoms. The highest BCUT2D eigenvalue weighted by molar-refractivity contribution is 5.92. The highest BCUT2D eigenvalue weighted by atomic mass is 19.4. The molecular formula is C24H24F3N5O3. The van der Waals surface area contributed by atoms with Crippen LogP contribution < -0.4 is 15.8 Å². The number of nitrogens with zero attached hydrogens (tertiary/aromatic N) is 3. The molecule has 0 radical (unpaired) electrons. The third-order valence-corrected chi connectivity index (χ3v) is 5.59. The van der Waals surface area contributed by atoms with E-state index in [2.05, 4.69) is 20.3 Å². The number of aromatic nitrogens is 3. The zero-order valence-corrected chi connectivity index (χ0v) is 18.9. The standard InChI is InChI=1S/C24H24F3N5O3/c1-14(31-22(33)20-6-8-29-23(32-20)35-18-7-9-34-13-18)15-2-4-16(5-3-15)19-10-17(24(25,26)27)12-30-21(19)11-28/h2-6,8,10,12,14,18H,7,9,11,13,28H2,1H3,(H,31,33)/t14-,18?/m1/s1. The average molecular weight is 487 g/mol. The molecule has 8 nitrogen and oxygen atoms in total. The number of hydrogen-bond donors (Lipinski definition) is 2. The maximum Gasteiger partial charge on any atom is 0.417 e. The van der Waals surface area contributed by atoms with E-state index in [1.165, 1.54) is 12.3 Å². The van der Waals surface area contributed by atoms with Crippen molar-refractivity contribution in [3.05, 3.63) is 71.3 Å². The van der Waals surface area contributed by atoms with Crippen LogP contribution >= 0.6 is 0 Å². The number of amides is 1. The second-order valence-electron chi connectivity index (χ2n) is 8.07. The van der Waals surface area contributed by atoms with Gasteiger partial charge in [-0.2, -0.15) is 18.2 Å². The summed E-state index contributed by atoms with van der Waals surface area (Å²) in [6, 6.07) is 9.05. The summed E-state index contributed by atoms with van der Waals surface area (Å²) in [6.07, 6.45) is -1.69. The first-order valence-electron chi connectivity index (χ1n) is 11.0. The van der Waals surface area contributed by atoms with E-state index in [-0.39, 0.29) is 24.4 Å². The minimum atomic E-state index is -4.51. The minimum absolute atomic E-state index is 0.0000875. The monoisotopic (exact) mass is 487 g/mol. The SMILES string of the molecule is C[C@@H](NC(=O)c1ccnc(OC2CCOC2)n1)c1ccc(-c2cc(C(F)(F)F)cnc2CN)cc1. The van der Waals surface area contributed by atoms with Crippen LogP contribution in [0, 0.1) is 0 Å². The topological polar surface area (TPSA) is 112 Å². The van der Waals surface area contributed by atoms with Gasteiger partial charge in [0.15, 0.2) is 0 Å². The molecule has 1 saturated heterocycles. The first-order chi connectivity index (χ1) is 16.7. The summed E-state index contributed by atoms with van der Waals surface area (Å²) in [6.45, 7) is 2.85. The van der Waals surface area contributed by atoms with Crippen molar-refractivity contribution >= 4 is 5.91 Å². The number of halogens is 3. The Balaban J connectivity index is 1.46. The predicted molar refractivity (Wildman–Crippen MR) is 120 cm³/mol. The van der Waals surface area contributed by atoms with Gasteiger partial charge < -0.3 is 20.5 Å². The number of nitrogens with one attached hydrogen (secondary N) is 1. The van der Waals surface area contributed by atoms with Crippen LogP contribution in [0.2, 0.25) is 0 Å². The molecule has 1 fully saturated rings. The van der Waals surface area contributed by atoms with Crippen LogP contribution in [-0.4, -0.2) is 40.2 Å². The highest BCUT2D eigenvalue weighted by Gasteiger charge is 2.31. The van der Waals surface area contributed by atoms with Crippen molar-refractivity contribution in [1.82, 2.24) is 20.3 Å². The van der Waals surface area contributed by atoms with Gasteiger partial charge >= 0.3 is 12.2 Å². The van der Waals surface area contributed by atoms with Crippen molar-refractivity contribution in [2.24, 2.45) is 5.73 Å². The van der Waals surface area contributed by atoms with Gasteiger partial charge in [-0.3, -0.25) is 9.78 Å². The summed E-state index contributed by atoms with van der Waals surface area (Å²) in [4.78, 5) is 24.8. The normalized spacial score (nSPS) is 16.7. The van der Waals surface area contributed by atoms with Crippen LogP contribution in [0.25, 0.3) is 11.1 Å².